The quantitative estimate of drug-likeness (QED) is 0.451. The van der Waals surface area contributed by atoms with E-state index in [2.05, 4.69) is 31.5 Å². The molecule has 2 aliphatic rings. The third kappa shape index (κ3) is 5.52. The molecule has 1 amide bonds. The third-order valence-electron chi connectivity index (χ3n) is 7.34. The molecule has 2 fully saturated rings. The molecule has 0 aliphatic carbocycles. The second-order valence-corrected chi connectivity index (χ2v) is 9.79. The van der Waals surface area contributed by atoms with Crippen molar-refractivity contribution >= 4 is 23.0 Å². The van der Waals surface area contributed by atoms with Crippen molar-refractivity contribution in [3.63, 3.8) is 0 Å². The van der Waals surface area contributed by atoms with E-state index in [4.69, 9.17) is 0 Å². The predicted molar refractivity (Wildman–Crippen MR) is 147 cm³/mol. The number of hydrogen-bond donors (Lipinski definition) is 3. The van der Waals surface area contributed by atoms with Gasteiger partial charge >= 0.3 is 0 Å². The average molecular weight is 497 g/mol. The molecule has 0 spiro atoms. The summed E-state index contributed by atoms with van der Waals surface area (Å²) in [7, 11) is 1.78. The fourth-order valence-corrected chi connectivity index (χ4v) is 5.37. The number of likely N-dealkylation sites (tertiary alicyclic amines) is 1. The molecule has 3 N–H and O–H groups in total. The molecule has 37 heavy (non-hydrogen) atoms. The van der Waals surface area contributed by atoms with Crippen molar-refractivity contribution in [2.45, 2.75) is 31.7 Å². The molecule has 5 rings (SSSR count). The lowest BCUT2D eigenvalue weighted by molar-refractivity contribution is 0.102. The molecule has 0 saturated carbocycles. The fraction of sp³-hybridized carbons (Fsp3) is 0.345. The van der Waals surface area contributed by atoms with Crippen molar-refractivity contribution in [2.75, 3.05) is 48.8 Å². The van der Waals surface area contributed by atoms with Gasteiger partial charge in [0.05, 0.1) is 11.6 Å². The number of nitrogens with zero attached hydrogens (tertiary/aromatic N) is 3. The molecule has 1 aromatic heterocycles. The Morgan fingerprint density at radius 3 is 2.57 bits per heavy atom. The summed E-state index contributed by atoms with van der Waals surface area (Å²) in [6.45, 7) is 4.54. The van der Waals surface area contributed by atoms with Gasteiger partial charge in [-0.2, -0.15) is 5.26 Å². The summed E-state index contributed by atoms with van der Waals surface area (Å²) >= 11 is 0. The van der Waals surface area contributed by atoms with Crippen molar-refractivity contribution in [3.05, 3.63) is 76.2 Å². The molecular formula is C29H32N6O2. The highest BCUT2D eigenvalue weighted by atomic mass is 16.2. The van der Waals surface area contributed by atoms with Crippen LogP contribution in [-0.2, 0) is 0 Å². The number of carbonyl (C=O) groups excluding carboxylic acids is 1. The van der Waals surface area contributed by atoms with Crippen LogP contribution in [0.4, 0.5) is 17.1 Å². The zero-order valence-corrected chi connectivity index (χ0v) is 21.1. The molecule has 190 valence electrons. The Labute approximate surface area is 216 Å². The van der Waals surface area contributed by atoms with E-state index in [1.165, 1.54) is 38.8 Å². The first-order valence-corrected chi connectivity index (χ1v) is 12.9. The zero-order valence-electron chi connectivity index (χ0n) is 21.1. The lowest BCUT2D eigenvalue weighted by atomic mass is 10.0. The number of carbonyl (C=O) groups is 1. The number of amides is 1. The number of pyridine rings is 1. The van der Waals surface area contributed by atoms with Crippen molar-refractivity contribution in [1.82, 2.24) is 9.88 Å². The number of nitrogens with one attached hydrogen (secondary N) is 3. The van der Waals surface area contributed by atoms with E-state index >= 15 is 0 Å². The Morgan fingerprint density at radius 2 is 1.84 bits per heavy atom. The summed E-state index contributed by atoms with van der Waals surface area (Å²) in [5, 5.41) is 15.1. The van der Waals surface area contributed by atoms with E-state index in [-0.39, 0.29) is 17.2 Å². The number of H-pyrrole nitrogens is 1. The van der Waals surface area contributed by atoms with Crippen LogP contribution in [0.25, 0.3) is 11.1 Å². The Morgan fingerprint density at radius 1 is 1.05 bits per heavy atom. The molecule has 1 atom stereocenters. The zero-order chi connectivity index (χ0) is 25.8. The monoisotopic (exact) mass is 496 g/mol. The molecule has 2 aromatic carbocycles. The summed E-state index contributed by atoms with van der Waals surface area (Å²) in [5.41, 5.74) is 4.13. The molecule has 8 nitrogen and oxygen atoms in total. The fourth-order valence-electron chi connectivity index (χ4n) is 5.37. The van der Waals surface area contributed by atoms with Crippen LogP contribution in [0.1, 0.15) is 41.6 Å². The topological polar surface area (TPSA) is 104 Å². The van der Waals surface area contributed by atoms with Gasteiger partial charge in [0.1, 0.15) is 5.69 Å². The Bertz CT molecular complexity index is 1370. The van der Waals surface area contributed by atoms with Gasteiger partial charge in [0.2, 0.25) is 0 Å². The predicted octanol–water partition coefficient (Wildman–Crippen LogP) is 4.27. The van der Waals surface area contributed by atoms with E-state index in [0.29, 0.717) is 22.7 Å². The highest BCUT2D eigenvalue weighted by Gasteiger charge is 2.27. The first kappa shape index (κ1) is 24.6. The van der Waals surface area contributed by atoms with Crippen LogP contribution in [0, 0.1) is 11.3 Å². The van der Waals surface area contributed by atoms with E-state index < -0.39 is 0 Å². The van der Waals surface area contributed by atoms with Crippen molar-refractivity contribution in [3.8, 4) is 17.2 Å². The number of anilines is 3. The first-order valence-electron chi connectivity index (χ1n) is 12.9. The van der Waals surface area contributed by atoms with Crippen molar-refractivity contribution in [2.24, 2.45) is 0 Å². The van der Waals surface area contributed by atoms with E-state index in [9.17, 15) is 14.9 Å². The number of hydrogen-bond acceptors (Lipinski definition) is 6. The first-order chi connectivity index (χ1) is 18.0. The number of benzene rings is 2. The maximum atomic E-state index is 13.0. The molecule has 1 unspecified atom stereocenters. The van der Waals surface area contributed by atoms with Gasteiger partial charge in [0.25, 0.3) is 11.5 Å². The third-order valence-corrected chi connectivity index (χ3v) is 7.34. The Hall–Kier alpha value is -4.09. The second kappa shape index (κ2) is 10.9. The largest absolute Gasteiger partial charge is 0.388 e. The molecule has 3 aromatic rings. The number of nitriles is 1. The van der Waals surface area contributed by atoms with E-state index in [0.717, 1.165) is 30.0 Å². The summed E-state index contributed by atoms with van der Waals surface area (Å²) in [4.78, 5) is 33.2. The molecule has 0 bridgehead atoms. The minimum atomic E-state index is -0.388. The highest BCUT2D eigenvalue weighted by Crippen LogP contribution is 2.28. The van der Waals surface area contributed by atoms with Gasteiger partial charge in [-0.3, -0.25) is 9.59 Å². The highest BCUT2D eigenvalue weighted by molar-refractivity contribution is 6.04. The lowest BCUT2D eigenvalue weighted by Gasteiger charge is -2.30. The summed E-state index contributed by atoms with van der Waals surface area (Å²) in [6.07, 6.45) is 6.56. The molecular weight excluding hydrogens is 464 g/mol. The van der Waals surface area contributed by atoms with Gasteiger partial charge in [0, 0.05) is 54.9 Å². The van der Waals surface area contributed by atoms with Crippen LogP contribution in [0.2, 0.25) is 0 Å². The standard InChI is InChI=1S/C29H32N6O2/c1-31-24-14-20(17-30)13-22(15-24)23-16-27(29(37)32-18-23)33-28(36)21-6-8-25(9-7-21)35-12-4-5-26(35)19-34-10-2-3-11-34/h6-9,13-16,18,26,31H,2-5,10-12,19H2,1H3,(H,32,37)(H,33,36). The van der Waals surface area contributed by atoms with Crippen LogP contribution >= 0.6 is 0 Å². The minimum Gasteiger partial charge on any atom is -0.388 e. The van der Waals surface area contributed by atoms with Gasteiger partial charge < -0.3 is 25.4 Å². The maximum Gasteiger partial charge on any atom is 0.271 e. The molecule has 2 saturated heterocycles. The van der Waals surface area contributed by atoms with Crippen LogP contribution < -0.4 is 21.1 Å². The van der Waals surface area contributed by atoms with Crippen LogP contribution in [0.15, 0.2) is 59.5 Å². The molecule has 3 heterocycles. The van der Waals surface area contributed by atoms with Gasteiger partial charge in [-0.05, 0) is 92.9 Å². The van der Waals surface area contributed by atoms with Crippen LogP contribution in [0.3, 0.4) is 0 Å². The summed E-state index contributed by atoms with van der Waals surface area (Å²) in [5.74, 6) is -0.342. The molecule has 8 heteroatoms. The van der Waals surface area contributed by atoms with Crippen molar-refractivity contribution in [1.29, 1.82) is 5.26 Å². The lowest BCUT2D eigenvalue weighted by Crippen LogP contribution is -2.39. The van der Waals surface area contributed by atoms with Crippen LogP contribution in [-0.4, -0.2) is 55.1 Å². The van der Waals surface area contributed by atoms with Gasteiger partial charge in [0.15, 0.2) is 0 Å². The minimum absolute atomic E-state index is 0.158. The average Bonchev–Trinajstić information content (AvgIpc) is 3.62. The molecule has 2 aliphatic heterocycles. The van der Waals surface area contributed by atoms with Gasteiger partial charge in [-0.25, -0.2) is 0 Å². The second-order valence-electron chi connectivity index (χ2n) is 9.79. The summed E-state index contributed by atoms with van der Waals surface area (Å²) in [6, 6.07) is 17.3. The number of aromatic amines is 1. The van der Waals surface area contributed by atoms with E-state index in [1.54, 1.807) is 31.4 Å². The van der Waals surface area contributed by atoms with Gasteiger partial charge in [-0.1, -0.05) is 0 Å². The maximum absolute atomic E-state index is 13.0. The van der Waals surface area contributed by atoms with Gasteiger partial charge in [-0.15, -0.1) is 0 Å². The summed E-state index contributed by atoms with van der Waals surface area (Å²) < 4.78 is 0. The Balaban J connectivity index is 1.30. The number of rotatable bonds is 7. The Kier molecular flexibility index (Phi) is 7.24. The van der Waals surface area contributed by atoms with E-state index in [1.807, 2.05) is 30.3 Å². The van der Waals surface area contributed by atoms with Crippen molar-refractivity contribution < 1.29 is 4.79 Å². The smallest absolute Gasteiger partial charge is 0.271 e. The number of aromatic nitrogens is 1. The normalized spacial score (nSPS) is 17.5. The molecule has 0 radical (unpaired) electrons. The van der Waals surface area contributed by atoms with Crippen LogP contribution in [0.5, 0.6) is 0 Å². The SMILES string of the molecule is CNc1cc(C#N)cc(-c2c[nH]c(=O)c(NC(=O)c3ccc(N4CCCC4CN4CCCC4)cc3)c2)c1.